The maximum absolute atomic E-state index is 12.4. The van der Waals surface area contributed by atoms with E-state index in [1.54, 1.807) is 19.1 Å². The van der Waals surface area contributed by atoms with Crippen LogP contribution in [0, 0.1) is 0 Å². The van der Waals surface area contributed by atoms with E-state index in [-0.39, 0.29) is 11.5 Å². The highest BCUT2D eigenvalue weighted by atomic mass is 35.5. The second-order valence-electron chi connectivity index (χ2n) is 5.04. The van der Waals surface area contributed by atoms with Crippen molar-refractivity contribution in [1.29, 1.82) is 0 Å². The highest BCUT2D eigenvalue weighted by Gasteiger charge is 2.36. The molecular weight excluding hydrogens is 382 g/mol. The fourth-order valence-electron chi connectivity index (χ4n) is 2.23. The quantitative estimate of drug-likeness (QED) is 0.513. The molecule has 2 amide bonds. The highest BCUT2D eigenvalue weighted by molar-refractivity contribution is 8.18. The van der Waals surface area contributed by atoms with E-state index in [0.29, 0.717) is 28.7 Å². The Kier molecular flexibility index (Phi) is 6.93. The van der Waals surface area contributed by atoms with E-state index >= 15 is 0 Å². The van der Waals surface area contributed by atoms with E-state index in [1.807, 2.05) is 6.92 Å². The van der Waals surface area contributed by atoms with Gasteiger partial charge >= 0.3 is 5.97 Å². The molecule has 0 bridgehead atoms. The van der Waals surface area contributed by atoms with Crippen molar-refractivity contribution in [2.75, 3.05) is 26.9 Å². The molecule has 1 aliphatic rings. The molecule has 1 heterocycles. The maximum Gasteiger partial charge on any atom is 0.326 e. The Bertz CT molecular complexity index is 764. The third kappa shape index (κ3) is 4.50. The van der Waals surface area contributed by atoms with Crippen molar-refractivity contribution in [2.45, 2.75) is 13.8 Å². The summed E-state index contributed by atoms with van der Waals surface area (Å²) in [6.45, 7) is 3.65. The van der Waals surface area contributed by atoms with Crippen molar-refractivity contribution in [3.05, 3.63) is 27.6 Å². The summed E-state index contributed by atoms with van der Waals surface area (Å²) in [6.07, 6.45) is 1.51. The molecule has 0 saturated carbocycles. The molecule has 0 spiro atoms. The maximum atomic E-state index is 12.4. The normalized spacial score (nSPS) is 15.5. The van der Waals surface area contributed by atoms with Gasteiger partial charge < -0.3 is 14.2 Å². The number of esters is 1. The number of methoxy groups -OCH3 is 1. The molecule has 1 fully saturated rings. The number of imide groups is 1. The fourth-order valence-corrected chi connectivity index (χ4v) is 3.34. The van der Waals surface area contributed by atoms with E-state index in [2.05, 4.69) is 0 Å². The number of amides is 2. The van der Waals surface area contributed by atoms with Gasteiger partial charge in [0.25, 0.3) is 11.1 Å². The number of hydrogen-bond donors (Lipinski definition) is 0. The number of benzene rings is 1. The van der Waals surface area contributed by atoms with Crippen LogP contribution in [0.25, 0.3) is 6.08 Å². The van der Waals surface area contributed by atoms with Crippen LogP contribution in [0.4, 0.5) is 4.79 Å². The Morgan fingerprint density at radius 3 is 2.62 bits per heavy atom. The van der Waals surface area contributed by atoms with Gasteiger partial charge in [0.2, 0.25) is 0 Å². The molecule has 0 atom stereocenters. The van der Waals surface area contributed by atoms with E-state index in [1.165, 1.54) is 13.2 Å². The van der Waals surface area contributed by atoms with Crippen molar-refractivity contribution in [3.8, 4) is 11.5 Å². The predicted molar refractivity (Wildman–Crippen MR) is 98.5 cm³/mol. The number of ether oxygens (including phenoxy) is 3. The Hall–Kier alpha value is -2.19. The predicted octanol–water partition coefficient (Wildman–Crippen LogP) is 3.35. The van der Waals surface area contributed by atoms with Gasteiger partial charge in [-0.05, 0) is 49.4 Å². The molecule has 0 aromatic heterocycles. The summed E-state index contributed by atoms with van der Waals surface area (Å²) in [5.74, 6) is -0.376. The van der Waals surface area contributed by atoms with Gasteiger partial charge in [0.15, 0.2) is 11.5 Å². The summed E-state index contributed by atoms with van der Waals surface area (Å²) in [4.78, 5) is 37.0. The van der Waals surface area contributed by atoms with Crippen LogP contribution in [-0.2, 0) is 14.3 Å². The number of halogens is 1. The molecule has 26 heavy (non-hydrogen) atoms. The summed E-state index contributed by atoms with van der Waals surface area (Å²) in [7, 11) is 1.48. The summed E-state index contributed by atoms with van der Waals surface area (Å²) >= 11 is 6.96. The topological polar surface area (TPSA) is 82.1 Å². The molecule has 0 aliphatic carbocycles. The molecule has 7 nitrogen and oxygen atoms in total. The zero-order valence-corrected chi connectivity index (χ0v) is 16.1. The number of carbonyl (C=O) groups excluding carboxylic acids is 3. The molecule has 9 heteroatoms. The average molecular weight is 400 g/mol. The van der Waals surface area contributed by atoms with Gasteiger partial charge in [-0.25, -0.2) is 0 Å². The number of carbonyl (C=O) groups is 3. The smallest absolute Gasteiger partial charge is 0.326 e. The number of nitrogens with zero attached hydrogens (tertiary/aromatic N) is 1. The molecule has 0 N–H and O–H groups in total. The van der Waals surface area contributed by atoms with Gasteiger partial charge in [0.05, 0.1) is 30.3 Å². The summed E-state index contributed by atoms with van der Waals surface area (Å²) in [6, 6.07) is 3.25. The molecule has 1 aliphatic heterocycles. The summed E-state index contributed by atoms with van der Waals surface area (Å²) in [5, 5.41) is -0.207. The molecule has 0 radical (unpaired) electrons. The molecule has 1 aromatic rings. The minimum absolute atomic E-state index is 0.176. The van der Waals surface area contributed by atoms with Crippen molar-refractivity contribution in [2.24, 2.45) is 0 Å². The Morgan fingerprint density at radius 1 is 1.27 bits per heavy atom. The van der Waals surface area contributed by atoms with Crippen molar-refractivity contribution < 1.29 is 28.6 Å². The molecule has 1 aromatic carbocycles. The lowest BCUT2D eigenvalue weighted by Crippen LogP contribution is -2.34. The fraction of sp³-hybridized carbons (Fsp3) is 0.353. The average Bonchev–Trinajstić information content (AvgIpc) is 2.84. The largest absolute Gasteiger partial charge is 0.493 e. The monoisotopic (exact) mass is 399 g/mol. The van der Waals surface area contributed by atoms with Crippen LogP contribution in [0.1, 0.15) is 19.4 Å². The van der Waals surface area contributed by atoms with Crippen LogP contribution in [0.3, 0.4) is 0 Å². The zero-order chi connectivity index (χ0) is 19.3. The van der Waals surface area contributed by atoms with Gasteiger partial charge in [-0.2, -0.15) is 0 Å². The number of thioether (sulfide) groups is 1. The first-order valence-corrected chi connectivity index (χ1v) is 9.02. The Balaban J connectivity index is 2.27. The highest BCUT2D eigenvalue weighted by Crippen LogP contribution is 2.38. The molecule has 0 unspecified atom stereocenters. The molecule has 1 saturated heterocycles. The molecular formula is C17H18ClNO6S. The van der Waals surface area contributed by atoms with Gasteiger partial charge in [0, 0.05) is 0 Å². The second-order valence-corrected chi connectivity index (χ2v) is 6.44. The van der Waals surface area contributed by atoms with Crippen LogP contribution in [0.2, 0.25) is 5.02 Å². The van der Waals surface area contributed by atoms with Crippen LogP contribution in [0.15, 0.2) is 17.0 Å². The van der Waals surface area contributed by atoms with E-state index < -0.39 is 23.7 Å². The zero-order valence-electron chi connectivity index (χ0n) is 14.5. The first kappa shape index (κ1) is 20.1. The minimum Gasteiger partial charge on any atom is -0.493 e. The lowest BCUT2D eigenvalue weighted by molar-refractivity contribution is -0.145. The first-order valence-electron chi connectivity index (χ1n) is 7.82. The lowest BCUT2D eigenvalue weighted by atomic mass is 10.1. The SMILES string of the molecule is CCOC(=O)CN1C(=O)S/C(=C/c2cc(Cl)c(OCC)c(OC)c2)C1=O. The van der Waals surface area contributed by atoms with Crippen LogP contribution < -0.4 is 9.47 Å². The van der Waals surface area contributed by atoms with E-state index in [4.69, 9.17) is 25.8 Å². The second kappa shape index (κ2) is 8.95. The van der Waals surface area contributed by atoms with Crippen LogP contribution in [-0.4, -0.2) is 48.9 Å². The van der Waals surface area contributed by atoms with E-state index in [9.17, 15) is 14.4 Å². The third-order valence-electron chi connectivity index (χ3n) is 3.30. The van der Waals surface area contributed by atoms with Crippen molar-refractivity contribution in [1.82, 2.24) is 4.90 Å². The Morgan fingerprint density at radius 2 is 2.00 bits per heavy atom. The lowest BCUT2D eigenvalue weighted by Gasteiger charge is -2.12. The van der Waals surface area contributed by atoms with Crippen LogP contribution in [0.5, 0.6) is 11.5 Å². The number of hydrogen-bond acceptors (Lipinski definition) is 7. The number of rotatable bonds is 7. The van der Waals surface area contributed by atoms with Crippen molar-refractivity contribution >= 4 is 46.6 Å². The summed E-state index contributed by atoms with van der Waals surface area (Å²) < 4.78 is 15.5. The standard InChI is InChI=1S/C17H18ClNO6S/c1-4-24-14(20)9-19-16(21)13(26-17(19)22)8-10-6-11(18)15(25-5-2)12(7-10)23-3/h6-8H,4-5,9H2,1-3H3/b13-8+. The van der Waals surface area contributed by atoms with Crippen molar-refractivity contribution in [3.63, 3.8) is 0 Å². The summed E-state index contributed by atoms with van der Waals surface area (Å²) in [5.41, 5.74) is 0.567. The third-order valence-corrected chi connectivity index (χ3v) is 4.49. The van der Waals surface area contributed by atoms with Gasteiger partial charge in [-0.1, -0.05) is 11.6 Å². The van der Waals surface area contributed by atoms with E-state index in [0.717, 1.165) is 16.7 Å². The molecule has 140 valence electrons. The Labute approximate surface area is 160 Å². The minimum atomic E-state index is -0.637. The van der Waals surface area contributed by atoms with Crippen LogP contribution >= 0.6 is 23.4 Å². The first-order chi connectivity index (χ1) is 12.4. The van der Waals surface area contributed by atoms with Gasteiger partial charge in [-0.3, -0.25) is 19.3 Å². The molecule has 2 rings (SSSR count). The van der Waals surface area contributed by atoms with Gasteiger partial charge in [-0.15, -0.1) is 0 Å². The van der Waals surface area contributed by atoms with Gasteiger partial charge in [0.1, 0.15) is 6.54 Å².